The van der Waals surface area contributed by atoms with Crippen LogP contribution in [0.3, 0.4) is 0 Å². The lowest BCUT2D eigenvalue weighted by molar-refractivity contribution is -0.109. The summed E-state index contributed by atoms with van der Waals surface area (Å²) >= 11 is 1.37. The Morgan fingerprint density at radius 3 is 2.90 bits per heavy atom. The Hall–Kier alpha value is -1.23. The molecule has 1 aromatic heterocycles. The molecule has 54 valence electrons. The third-order valence-corrected chi connectivity index (χ3v) is 1.71. The van der Waals surface area contributed by atoms with Crippen molar-refractivity contribution < 1.29 is 4.79 Å². The number of hydrogen-bond donors (Lipinski definition) is 3. The summed E-state index contributed by atoms with van der Waals surface area (Å²) in [6.07, 6.45) is 0.565. The van der Waals surface area contributed by atoms with Crippen molar-refractivity contribution in [3.05, 3.63) is 12.1 Å². The van der Waals surface area contributed by atoms with Gasteiger partial charge in [-0.3, -0.25) is 15.6 Å². The monoisotopic (exact) mass is 157 g/mol. The van der Waals surface area contributed by atoms with Crippen molar-refractivity contribution in [1.29, 1.82) is 0 Å². The van der Waals surface area contributed by atoms with E-state index in [2.05, 4.69) is 10.9 Å². The number of carbonyl (C=O) groups is 1. The van der Waals surface area contributed by atoms with E-state index in [1.807, 2.05) is 0 Å². The molecule has 1 aromatic rings. The normalized spacial score (nSPS) is 8.80. The summed E-state index contributed by atoms with van der Waals surface area (Å²) < 4.78 is 0. The van der Waals surface area contributed by atoms with Crippen LogP contribution in [0.5, 0.6) is 0 Å². The molecule has 0 aliphatic carbocycles. The summed E-state index contributed by atoms with van der Waals surface area (Å²) in [5.74, 6) is 0. The molecule has 0 aliphatic heterocycles. The largest absolute Gasteiger partial charge is 0.391 e. The van der Waals surface area contributed by atoms with Crippen LogP contribution in [0.2, 0.25) is 0 Å². The second-order valence-corrected chi connectivity index (χ2v) is 2.70. The van der Waals surface area contributed by atoms with Gasteiger partial charge >= 0.3 is 0 Å². The summed E-state index contributed by atoms with van der Waals surface area (Å²) in [4.78, 5) is 9.78. The number of rotatable bonds is 3. The van der Waals surface area contributed by atoms with Gasteiger partial charge < -0.3 is 5.73 Å². The van der Waals surface area contributed by atoms with Gasteiger partial charge in [-0.25, -0.2) is 0 Å². The molecule has 0 atom stereocenters. The number of thiophene rings is 1. The number of carbonyl (C=O) groups excluding carboxylic acids is 1. The van der Waals surface area contributed by atoms with E-state index in [0.29, 0.717) is 6.41 Å². The highest BCUT2D eigenvalue weighted by Crippen LogP contribution is 2.22. The summed E-state index contributed by atoms with van der Waals surface area (Å²) in [6.45, 7) is 0. The molecule has 4 N–H and O–H groups in total. The molecule has 1 rings (SSSR count). The molecule has 4 nitrogen and oxygen atoms in total. The molecule has 5 heteroatoms. The first-order chi connectivity index (χ1) is 4.83. The molecule has 0 spiro atoms. The maximum Gasteiger partial charge on any atom is 0.225 e. The minimum Gasteiger partial charge on any atom is -0.391 e. The molecule has 0 radical (unpaired) electrons. The minimum absolute atomic E-state index is 0.565. The zero-order chi connectivity index (χ0) is 7.40. The first kappa shape index (κ1) is 6.88. The van der Waals surface area contributed by atoms with Gasteiger partial charge in [-0.1, -0.05) is 11.3 Å². The molecule has 1 amide bonds. The second kappa shape index (κ2) is 3.07. The molecule has 0 aliphatic rings. The van der Waals surface area contributed by atoms with Crippen LogP contribution in [0.25, 0.3) is 0 Å². The van der Waals surface area contributed by atoms with Gasteiger partial charge in [0, 0.05) is 0 Å². The van der Waals surface area contributed by atoms with E-state index in [9.17, 15) is 4.79 Å². The number of nitrogens with two attached hydrogens (primary N) is 1. The van der Waals surface area contributed by atoms with E-state index in [0.717, 1.165) is 10.0 Å². The van der Waals surface area contributed by atoms with Crippen molar-refractivity contribution in [3.8, 4) is 0 Å². The zero-order valence-corrected chi connectivity index (χ0v) is 5.94. The van der Waals surface area contributed by atoms with E-state index in [1.165, 1.54) is 11.3 Å². The van der Waals surface area contributed by atoms with E-state index in [1.54, 1.807) is 12.1 Å². The maximum atomic E-state index is 9.78. The lowest BCUT2D eigenvalue weighted by Gasteiger charge is -1.96. The van der Waals surface area contributed by atoms with E-state index in [-0.39, 0.29) is 0 Å². The predicted molar refractivity (Wildman–Crippen MR) is 41.6 cm³/mol. The molecular formula is C5H7N3OS. The molecule has 0 saturated carbocycles. The van der Waals surface area contributed by atoms with Gasteiger partial charge in [-0.15, -0.1) is 0 Å². The Balaban J connectivity index is 2.49. The van der Waals surface area contributed by atoms with Crippen molar-refractivity contribution in [2.75, 3.05) is 11.2 Å². The molecule has 10 heavy (non-hydrogen) atoms. The number of nitrogen functional groups attached to an aromatic ring is 1. The van der Waals surface area contributed by atoms with Gasteiger partial charge in [0.05, 0.1) is 5.00 Å². The average Bonchev–Trinajstić information content (AvgIpc) is 2.31. The van der Waals surface area contributed by atoms with Crippen molar-refractivity contribution in [2.45, 2.75) is 0 Å². The molecule has 0 aromatic carbocycles. The predicted octanol–water partition coefficient (Wildman–Crippen LogP) is 0.403. The Kier molecular flexibility index (Phi) is 2.11. The number of anilines is 2. The molecule has 1 heterocycles. The van der Waals surface area contributed by atoms with E-state index < -0.39 is 0 Å². The van der Waals surface area contributed by atoms with Gasteiger partial charge in [-0.05, 0) is 12.1 Å². The lowest BCUT2D eigenvalue weighted by Crippen LogP contribution is -2.17. The summed E-state index contributed by atoms with van der Waals surface area (Å²) in [5.41, 5.74) is 10.4. The van der Waals surface area contributed by atoms with E-state index in [4.69, 9.17) is 5.73 Å². The summed E-state index contributed by atoms with van der Waals surface area (Å²) in [7, 11) is 0. The summed E-state index contributed by atoms with van der Waals surface area (Å²) in [5, 5.41) is 1.54. The highest BCUT2D eigenvalue weighted by Gasteiger charge is 1.92. The first-order valence-electron chi connectivity index (χ1n) is 2.63. The van der Waals surface area contributed by atoms with Gasteiger partial charge in [0.1, 0.15) is 5.00 Å². The zero-order valence-electron chi connectivity index (χ0n) is 5.13. The van der Waals surface area contributed by atoms with Crippen LogP contribution >= 0.6 is 11.3 Å². The Labute approximate surface area is 62.0 Å². The standard InChI is InChI=1S/C5H7N3OS/c6-4-1-2-5(10-4)8-7-3-9/h1-3,8H,6H2,(H,7,9). The number of hydrazine groups is 1. The number of hydrogen-bond acceptors (Lipinski definition) is 4. The van der Waals surface area contributed by atoms with Crippen molar-refractivity contribution in [3.63, 3.8) is 0 Å². The molecule has 0 saturated heterocycles. The van der Waals surface area contributed by atoms with Crippen molar-refractivity contribution in [1.82, 2.24) is 5.43 Å². The number of amides is 1. The fourth-order valence-electron chi connectivity index (χ4n) is 0.521. The first-order valence-corrected chi connectivity index (χ1v) is 3.45. The van der Waals surface area contributed by atoms with Gasteiger partial charge in [0.25, 0.3) is 0 Å². The smallest absolute Gasteiger partial charge is 0.225 e. The average molecular weight is 157 g/mol. The molecular weight excluding hydrogens is 150 g/mol. The third kappa shape index (κ3) is 1.63. The Morgan fingerprint density at radius 1 is 1.60 bits per heavy atom. The van der Waals surface area contributed by atoms with Crippen LogP contribution in [0, 0.1) is 0 Å². The van der Waals surface area contributed by atoms with Crippen LogP contribution < -0.4 is 16.6 Å². The Morgan fingerprint density at radius 2 is 2.40 bits per heavy atom. The molecule has 0 unspecified atom stereocenters. The highest BCUT2D eigenvalue weighted by atomic mass is 32.1. The molecule has 0 bridgehead atoms. The van der Waals surface area contributed by atoms with Crippen LogP contribution in [-0.4, -0.2) is 6.41 Å². The maximum absolute atomic E-state index is 9.78. The third-order valence-electron chi connectivity index (χ3n) is 0.881. The van der Waals surface area contributed by atoms with Gasteiger partial charge in [0.2, 0.25) is 6.41 Å². The lowest BCUT2D eigenvalue weighted by atomic mass is 10.6. The van der Waals surface area contributed by atoms with Crippen LogP contribution in [0.15, 0.2) is 12.1 Å². The fraction of sp³-hybridized carbons (Fsp3) is 0. The fourth-order valence-corrected chi connectivity index (χ4v) is 1.16. The second-order valence-electron chi connectivity index (χ2n) is 1.59. The topological polar surface area (TPSA) is 67.2 Å². The SMILES string of the molecule is Nc1ccc(NNC=O)s1. The molecule has 0 fully saturated rings. The van der Waals surface area contributed by atoms with Gasteiger partial charge in [0.15, 0.2) is 0 Å². The van der Waals surface area contributed by atoms with Crippen molar-refractivity contribution in [2.24, 2.45) is 0 Å². The number of nitrogens with one attached hydrogen (secondary N) is 2. The van der Waals surface area contributed by atoms with Crippen LogP contribution in [0.4, 0.5) is 10.0 Å². The quantitative estimate of drug-likeness (QED) is 0.439. The Bertz CT molecular complexity index is 222. The van der Waals surface area contributed by atoms with E-state index >= 15 is 0 Å². The van der Waals surface area contributed by atoms with Gasteiger partial charge in [-0.2, -0.15) is 0 Å². The van der Waals surface area contributed by atoms with Crippen molar-refractivity contribution >= 4 is 27.7 Å². The van der Waals surface area contributed by atoms with Crippen LogP contribution in [0.1, 0.15) is 0 Å². The minimum atomic E-state index is 0.565. The van der Waals surface area contributed by atoms with Crippen LogP contribution in [-0.2, 0) is 4.79 Å². The summed E-state index contributed by atoms with van der Waals surface area (Å²) in [6, 6.07) is 3.55. The highest BCUT2D eigenvalue weighted by molar-refractivity contribution is 7.19.